The van der Waals surface area contributed by atoms with Gasteiger partial charge in [0.2, 0.25) is 11.8 Å². The first-order valence-electron chi connectivity index (χ1n) is 6.26. The van der Waals surface area contributed by atoms with E-state index in [0.717, 1.165) is 6.42 Å². The summed E-state index contributed by atoms with van der Waals surface area (Å²) in [6.45, 7) is 2.44. The van der Waals surface area contributed by atoms with E-state index in [9.17, 15) is 13.6 Å². The summed E-state index contributed by atoms with van der Waals surface area (Å²) in [7, 11) is 0. The number of hydrogen-bond acceptors (Lipinski definition) is 1. The van der Waals surface area contributed by atoms with Gasteiger partial charge in [0.1, 0.15) is 0 Å². The SMILES string of the molecule is C/C=C/CNC(=O)C1CC12CCC(F)(F)CC2. The summed E-state index contributed by atoms with van der Waals surface area (Å²) in [5, 5.41) is 2.82. The molecule has 2 fully saturated rings. The van der Waals surface area contributed by atoms with E-state index < -0.39 is 5.92 Å². The second-order valence-electron chi connectivity index (χ2n) is 5.29. The summed E-state index contributed by atoms with van der Waals surface area (Å²) in [5.41, 5.74) is -0.0955. The maximum atomic E-state index is 13.0. The number of halogens is 2. The van der Waals surface area contributed by atoms with Gasteiger partial charge >= 0.3 is 0 Å². The number of allylic oxidation sites excluding steroid dienone is 1. The quantitative estimate of drug-likeness (QED) is 0.759. The molecule has 0 radical (unpaired) electrons. The zero-order valence-corrected chi connectivity index (χ0v) is 10.1. The molecular formula is C13H19F2NO. The first-order chi connectivity index (χ1) is 7.99. The molecule has 1 N–H and O–H groups in total. The largest absolute Gasteiger partial charge is 0.352 e. The normalized spacial score (nSPS) is 29.5. The molecule has 2 rings (SSSR count). The van der Waals surface area contributed by atoms with Gasteiger partial charge in [0.05, 0.1) is 0 Å². The molecule has 0 bridgehead atoms. The first-order valence-corrected chi connectivity index (χ1v) is 6.26. The lowest BCUT2D eigenvalue weighted by Crippen LogP contribution is -2.31. The van der Waals surface area contributed by atoms with Crippen molar-refractivity contribution in [2.45, 2.75) is 45.0 Å². The topological polar surface area (TPSA) is 29.1 Å². The molecule has 1 atom stereocenters. The van der Waals surface area contributed by atoms with Gasteiger partial charge in [0, 0.05) is 25.3 Å². The predicted octanol–water partition coefficient (Wildman–Crippen LogP) is 2.89. The molecule has 2 saturated carbocycles. The van der Waals surface area contributed by atoms with Crippen LogP contribution in [0.2, 0.25) is 0 Å². The van der Waals surface area contributed by atoms with Crippen LogP contribution in [0.5, 0.6) is 0 Å². The van der Waals surface area contributed by atoms with E-state index in [1.54, 1.807) is 0 Å². The molecule has 0 aromatic carbocycles. The van der Waals surface area contributed by atoms with E-state index in [2.05, 4.69) is 5.32 Å². The molecule has 2 aliphatic carbocycles. The summed E-state index contributed by atoms with van der Waals surface area (Å²) in [6.07, 6.45) is 5.46. The van der Waals surface area contributed by atoms with Crippen LogP contribution >= 0.6 is 0 Å². The highest BCUT2D eigenvalue weighted by Crippen LogP contribution is 2.63. The lowest BCUT2D eigenvalue weighted by Gasteiger charge is -2.28. The van der Waals surface area contributed by atoms with E-state index in [-0.39, 0.29) is 30.1 Å². The van der Waals surface area contributed by atoms with Gasteiger partial charge < -0.3 is 5.32 Å². The minimum Gasteiger partial charge on any atom is -0.352 e. The van der Waals surface area contributed by atoms with Crippen LogP contribution in [0.25, 0.3) is 0 Å². The molecular weight excluding hydrogens is 224 g/mol. The third-order valence-electron chi connectivity index (χ3n) is 4.11. The maximum Gasteiger partial charge on any atom is 0.248 e. The van der Waals surface area contributed by atoms with Gasteiger partial charge in [-0.25, -0.2) is 8.78 Å². The Morgan fingerprint density at radius 2 is 2.00 bits per heavy atom. The fourth-order valence-electron chi connectivity index (χ4n) is 2.79. The van der Waals surface area contributed by atoms with Gasteiger partial charge in [-0.3, -0.25) is 4.79 Å². The monoisotopic (exact) mass is 243 g/mol. The molecule has 96 valence electrons. The number of nitrogens with one attached hydrogen (secondary N) is 1. The smallest absolute Gasteiger partial charge is 0.248 e. The minimum absolute atomic E-state index is 0.0242. The summed E-state index contributed by atoms with van der Waals surface area (Å²) in [6, 6.07) is 0. The lowest BCUT2D eigenvalue weighted by atomic mass is 9.82. The third-order valence-corrected chi connectivity index (χ3v) is 4.11. The summed E-state index contributed by atoms with van der Waals surface area (Å²) in [4.78, 5) is 11.8. The Bertz CT molecular complexity index is 328. The van der Waals surface area contributed by atoms with Gasteiger partial charge in [0.15, 0.2) is 0 Å². The second kappa shape index (κ2) is 4.39. The van der Waals surface area contributed by atoms with Crippen molar-refractivity contribution in [2.75, 3.05) is 6.54 Å². The van der Waals surface area contributed by atoms with Gasteiger partial charge in [-0.1, -0.05) is 12.2 Å². The van der Waals surface area contributed by atoms with Crippen molar-refractivity contribution in [1.82, 2.24) is 5.32 Å². The summed E-state index contributed by atoms with van der Waals surface area (Å²) < 4.78 is 26.1. The highest BCUT2D eigenvalue weighted by molar-refractivity contribution is 5.82. The van der Waals surface area contributed by atoms with E-state index in [0.29, 0.717) is 19.4 Å². The Balaban J connectivity index is 1.81. The van der Waals surface area contributed by atoms with Gasteiger partial charge in [0.25, 0.3) is 0 Å². The Kier molecular flexibility index (Phi) is 3.23. The molecule has 0 aromatic rings. The Hall–Kier alpha value is -0.930. The number of alkyl halides is 2. The molecule has 2 nitrogen and oxygen atoms in total. The summed E-state index contributed by atoms with van der Waals surface area (Å²) in [5.74, 6) is -2.49. The van der Waals surface area contributed by atoms with Crippen LogP contribution < -0.4 is 5.32 Å². The second-order valence-corrected chi connectivity index (χ2v) is 5.29. The molecule has 4 heteroatoms. The molecule has 0 heterocycles. The number of amides is 1. The van der Waals surface area contributed by atoms with Crippen molar-refractivity contribution >= 4 is 5.91 Å². The lowest BCUT2D eigenvalue weighted by molar-refractivity contribution is -0.124. The zero-order chi connectivity index (χ0) is 12.5. The molecule has 0 saturated heterocycles. The molecule has 0 aromatic heterocycles. The van der Waals surface area contributed by atoms with Crippen LogP contribution in [0.15, 0.2) is 12.2 Å². The van der Waals surface area contributed by atoms with E-state index in [1.165, 1.54) is 0 Å². The van der Waals surface area contributed by atoms with Crippen LogP contribution in [-0.4, -0.2) is 18.4 Å². The standard InChI is InChI=1S/C13H19F2NO/c1-2-3-8-16-11(17)10-9-12(10)4-6-13(14,15)7-5-12/h2-3,10H,4-9H2,1H3,(H,16,17)/b3-2+. The highest BCUT2D eigenvalue weighted by Gasteiger charge is 2.60. The Labute approximate surface area is 100 Å². The molecule has 0 aliphatic heterocycles. The number of rotatable bonds is 3. The van der Waals surface area contributed by atoms with Crippen molar-refractivity contribution in [3.05, 3.63) is 12.2 Å². The fourth-order valence-corrected chi connectivity index (χ4v) is 2.79. The average molecular weight is 243 g/mol. The van der Waals surface area contributed by atoms with Crippen LogP contribution in [0.1, 0.15) is 39.0 Å². The predicted molar refractivity (Wildman–Crippen MR) is 61.8 cm³/mol. The third kappa shape index (κ3) is 2.67. The van der Waals surface area contributed by atoms with Crippen molar-refractivity contribution in [2.24, 2.45) is 11.3 Å². The van der Waals surface area contributed by atoms with E-state index >= 15 is 0 Å². The number of hydrogen-bond donors (Lipinski definition) is 1. The summed E-state index contributed by atoms with van der Waals surface area (Å²) >= 11 is 0. The Morgan fingerprint density at radius 1 is 1.35 bits per heavy atom. The van der Waals surface area contributed by atoms with Gasteiger partial charge in [-0.15, -0.1) is 0 Å². The molecule has 2 aliphatic rings. The van der Waals surface area contributed by atoms with Crippen LogP contribution in [0.4, 0.5) is 8.78 Å². The molecule has 1 amide bonds. The molecule has 1 spiro atoms. The highest BCUT2D eigenvalue weighted by atomic mass is 19.3. The van der Waals surface area contributed by atoms with Crippen LogP contribution in [0.3, 0.4) is 0 Å². The van der Waals surface area contributed by atoms with E-state index in [4.69, 9.17) is 0 Å². The maximum absolute atomic E-state index is 13.0. The van der Waals surface area contributed by atoms with Crippen LogP contribution in [-0.2, 0) is 4.79 Å². The Morgan fingerprint density at radius 3 is 2.59 bits per heavy atom. The van der Waals surface area contributed by atoms with Crippen molar-refractivity contribution < 1.29 is 13.6 Å². The fraction of sp³-hybridized carbons (Fsp3) is 0.769. The number of carbonyl (C=O) groups excluding carboxylic acids is 1. The molecule has 17 heavy (non-hydrogen) atoms. The minimum atomic E-state index is -2.50. The van der Waals surface area contributed by atoms with Gasteiger partial charge in [-0.05, 0) is 31.6 Å². The van der Waals surface area contributed by atoms with Gasteiger partial charge in [-0.2, -0.15) is 0 Å². The zero-order valence-electron chi connectivity index (χ0n) is 10.1. The molecule has 1 unspecified atom stereocenters. The van der Waals surface area contributed by atoms with E-state index in [1.807, 2.05) is 19.1 Å². The van der Waals surface area contributed by atoms with Crippen molar-refractivity contribution in [1.29, 1.82) is 0 Å². The van der Waals surface area contributed by atoms with Crippen LogP contribution in [0, 0.1) is 11.3 Å². The van der Waals surface area contributed by atoms with Crippen molar-refractivity contribution in [3.63, 3.8) is 0 Å². The average Bonchev–Trinajstić information content (AvgIpc) is 2.99. The first kappa shape index (κ1) is 12.5. The van der Waals surface area contributed by atoms with Crippen molar-refractivity contribution in [3.8, 4) is 0 Å². The number of carbonyl (C=O) groups is 1.